The average molecular weight is 211 g/mol. The molecule has 1 N–H and O–H groups in total. The average Bonchev–Trinajstić information content (AvgIpc) is 2.54. The van der Waals surface area contributed by atoms with E-state index < -0.39 is 0 Å². The van der Waals surface area contributed by atoms with Crippen molar-refractivity contribution in [2.75, 3.05) is 6.54 Å². The van der Waals surface area contributed by atoms with Crippen LogP contribution >= 0.6 is 0 Å². The van der Waals surface area contributed by atoms with Crippen LogP contribution in [0.4, 0.5) is 0 Å². The minimum atomic E-state index is -0.0443. The molecule has 1 saturated carbocycles. The van der Waals surface area contributed by atoms with Crippen molar-refractivity contribution in [3.8, 4) is 0 Å². The van der Waals surface area contributed by atoms with E-state index in [1.54, 1.807) is 0 Å². The van der Waals surface area contributed by atoms with Crippen LogP contribution in [0.1, 0.15) is 58.3 Å². The molecule has 1 aliphatic heterocycles. The van der Waals surface area contributed by atoms with E-state index in [0.717, 1.165) is 12.5 Å². The van der Waals surface area contributed by atoms with Crippen LogP contribution in [-0.4, -0.2) is 34.7 Å². The summed E-state index contributed by atoms with van der Waals surface area (Å²) in [5.41, 5.74) is 0. The van der Waals surface area contributed by atoms with E-state index in [1.165, 1.54) is 51.5 Å². The SMILES string of the molecule is CCC1CCCCCN1C1CCCC1O. The number of aliphatic hydroxyl groups is 1. The molecule has 15 heavy (non-hydrogen) atoms. The fourth-order valence-electron chi connectivity index (χ4n) is 3.38. The largest absolute Gasteiger partial charge is 0.391 e. The lowest BCUT2D eigenvalue weighted by Crippen LogP contribution is -2.46. The molecule has 2 aliphatic rings. The first-order chi connectivity index (χ1) is 7.33. The predicted octanol–water partition coefficient (Wildman–Crippen LogP) is 2.55. The minimum Gasteiger partial charge on any atom is -0.391 e. The zero-order valence-electron chi connectivity index (χ0n) is 9.99. The highest BCUT2D eigenvalue weighted by atomic mass is 16.3. The Balaban J connectivity index is 2.02. The molecule has 0 spiro atoms. The molecule has 2 fully saturated rings. The maximum atomic E-state index is 10.0. The Labute approximate surface area is 93.7 Å². The summed E-state index contributed by atoms with van der Waals surface area (Å²) in [5.74, 6) is 0. The lowest BCUT2D eigenvalue weighted by atomic mass is 10.0. The molecule has 0 radical (unpaired) electrons. The molecule has 0 amide bonds. The highest BCUT2D eigenvalue weighted by Crippen LogP contribution is 2.30. The van der Waals surface area contributed by atoms with Gasteiger partial charge in [-0.3, -0.25) is 4.90 Å². The molecular formula is C13H25NO. The summed E-state index contributed by atoms with van der Waals surface area (Å²) in [6, 6.07) is 1.22. The van der Waals surface area contributed by atoms with Crippen molar-refractivity contribution in [1.29, 1.82) is 0 Å². The normalized spacial score (nSPS) is 39.2. The molecule has 1 saturated heterocycles. The van der Waals surface area contributed by atoms with Gasteiger partial charge in [0.15, 0.2) is 0 Å². The molecule has 0 aromatic heterocycles. The van der Waals surface area contributed by atoms with Gasteiger partial charge in [0.25, 0.3) is 0 Å². The van der Waals surface area contributed by atoms with Gasteiger partial charge < -0.3 is 5.11 Å². The monoisotopic (exact) mass is 211 g/mol. The van der Waals surface area contributed by atoms with Gasteiger partial charge in [-0.25, -0.2) is 0 Å². The Bertz CT molecular complexity index is 195. The van der Waals surface area contributed by atoms with Crippen molar-refractivity contribution in [1.82, 2.24) is 4.90 Å². The third-order valence-corrected chi connectivity index (χ3v) is 4.26. The number of likely N-dealkylation sites (tertiary alicyclic amines) is 1. The standard InChI is InChI=1S/C13H25NO/c1-2-11-7-4-3-5-10-14(11)12-8-6-9-13(12)15/h11-13,15H,2-10H2,1H3. The number of nitrogens with zero attached hydrogens (tertiary/aromatic N) is 1. The molecule has 0 aromatic rings. The Morgan fingerprint density at radius 1 is 1.07 bits per heavy atom. The van der Waals surface area contributed by atoms with Gasteiger partial charge in [-0.1, -0.05) is 19.8 Å². The van der Waals surface area contributed by atoms with Crippen molar-refractivity contribution < 1.29 is 5.11 Å². The van der Waals surface area contributed by atoms with Gasteiger partial charge in [0, 0.05) is 12.1 Å². The number of aliphatic hydroxyl groups excluding tert-OH is 1. The maximum Gasteiger partial charge on any atom is 0.0695 e. The summed E-state index contributed by atoms with van der Waals surface area (Å²) in [6.45, 7) is 3.52. The zero-order chi connectivity index (χ0) is 10.7. The Hall–Kier alpha value is -0.0800. The minimum absolute atomic E-state index is 0.0443. The Morgan fingerprint density at radius 3 is 2.60 bits per heavy atom. The van der Waals surface area contributed by atoms with Crippen molar-refractivity contribution in [3.63, 3.8) is 0 Å². The first-order valence-electron chi connectivity index (χ1n) is 6.76. The van der Waals surface area contributed by atoms with E-state index in [2.05, 4.69) is 11.8 Å². The molecule has 0 bridgehead atoms. The highest BCUT2D eigenvalue weighted by Gasteiger charge is 2.34. The zero-order valence-corrected chi connectivity index (χ0v) is 9.99. The first kappa shape index (κ1) is 11.4. The van der Waals surface area contributed by atoms with Gasteiger partial charge in [-0.05, 0) is 45.1 Å². The van der Waals surface area contributed by atoms with Crippen LogP contribution in [0.3, 0.4) is 0 Å². The van der Waals surface area contributed by atoms with Crippen LogP contribution < -0.4 is 0 Å². The second-order valence-electron chi connectivity index (χ2n) is 5.21. The molecule has 1 heterocycles. The van der Waals surface area contributed by atoms with E-state index in [-0.39, 0.29) is 6.10 Å². The summed E-state index contributed by atoms with van der Waals surface area (Å²) in [4.78, 5) is 2.63. The van der Waals surface area contributed by atoms with Gasteiger partial charge in [-0.2, -0.15) is 0 Å². The first-order valence-corrected chi connectivity index (χ1v) is 6.76. The third-order valence-electron chi connectivity index (χ3n) is 4.26. The predicted molar refractivity (Wildman–Crippen MR) is 62.9 cm³/mol. The molecule has 2 rings (SSSR count). The summed E-state index contributed by atoms with van der Waals surface area (Å²) in [7, 11) is 0. The lowest BCUT2D eigenvalue weighted by molar-refractivity contribution is 0.0431. The van der Waals surface area contributed by atoms with Crippen LogP contribution in [0.15, 0.2) is 0 Å². The fraction of sp³-hybridized carbons (Fsp3) is 1.00. The van der Waals surface area contributed by atoms with E-state index >= 15 is 0 Å². The Morgan fingerprint density at radius 2 is 1.93 bits per heavy atom. The van der Waals surface area contributed by atoms with Gasteiger partial charge >= 0.3 is 0 Å². The molecule has 3 unspecified atom stereocenters. The van der Waals surface area contributed by atoms with Gasteiger partial charge in [0.2, 0.25) is 0 Å². The Kier molecular flexibility index (Phi) is 4.04. The topological polar surface area (TPSA) is 23.5 Å². The van der Waals surface area contributed by atoms with E-state index in [4.69, 9.17) is 0 Å². The van der Waals surface area contributed by atoms with E-state index in [0.29, 0.717) is 6.04 Å². The quantitative estimate of drug-likeness (QED) is 0.759. The summed E-state index contributed by atoms with van der Waals surface area (Å²) in [6.07, 6.45) is 10.1. The molecule has 2 heteroatoms. The lowest BCUT2D eigenvalue weighted by Gasteiger charge is -2.36. The fourth-order valence-corrected chi connectivity index (χ4v) is 3.38. The van der Waals surface area contributed by atoms with Crippen LogP contribution in [-0.2, 0) is 0 Å². The number of hydrogen-bond donors (Lipinski definition) is 1. The number of hydrogen-bond acceptors (Lipinski definition) is 2. The smallest absolute Gasteiger partial charge is 0.0695 e. The second kappa shape index (κ2) is 5.31. The third kappa shape index (κ3) is 2.54. The molecule has 2 nitrogen and oxygen atoms in total. The molecule has 1 aliphatic carbocycles. The van der Waals surface area contributed by atoms with Crippen molar-refractivity contribution in [3.05, 3.63) is 0 Å². The van der Waals surface area contributed by atoms with E-state index in [9.17, 15) is 5.11 Å². The van der Waals surface area contributed by atoms with Crippen LogP contribution in [0.2, 0.25) is 0 Å². The second-order valence-corrected chi connectivity index (χ2v) is 5.21. The van der Waals surface area contributed by atoms with Crippen molar-refractivity contribution in [2.24, 2.45) is 0 Å². The van der Waals surface area contributed by atoms with Gasteiger partial charge in [-0.15, -0.1) is 0 Å². The van der Waals surface area contributed by atoms with Gasteiger partial charge in [0.05, 0.1) is 6.10 Å². The van der Waals surface area contributed by atoms with E-state index in [1.807, 2.05) is 0 Å². The van der Waals surface area contributed by atoms with Crippen LogP contribution in [0.25, 0.3) is 0 Å². The number of rotatable bonds is 2. The molecular weight excluding hydrogens is 186 g/mol. The molecule has 0 aromatic carbocycles. The summed E-state index contributed by atoms with van der Waals surface area (Å²) < 4.78 is 0. The summed E-state index contributed by atoms with van der Waals surface area (Å²) >= 11 is 0. The van der Waals surface area contributed by atoms with Crippen LogP contribution in [0.5, 0.6) is 0 Å². The van der Waals surface area contributed by atoms with Gasteiger partial charge in [0.1, 0.15) is 0 Å². The molecule has 88 valence electrons. The maximum absolute atomic E-state index is 10.0. The molecule has 3 atom stereocenters. The van der Waals surface area contributed by atoms with Crippen molar-refractivity contribution >= 4 is 0 Å². The van der Waals surface area contributed by atoms with Crippen molar-refractivity contribution in [2.45, 2.75) is 76.5 Å². The van der Waals surface area contributed by atoms with Crippen LogP contribution in [0, 0.1) is 0 Å². The summed E-state index contributed by atoms with van der Waals surface area (Å²) in [5, 5.41) is 10.0. The highest BCUT2D eigenvalue weighted by molar-refractivity contribution is 4.89.